The molecular formula is C5H7I2NO4. The second kappa shape index (κ2) is 9.45. The van der Waals surface area contributed by atoms with Gasteiger partial charge in [-0.3, -0.25) is 0 Å². The van der Waals surface area contributed by atoms with E-state index in [0.29, 0.717) is 0 Å². The van der Waals surface area contributed by atoms with Crippen LogP contribution in [0.25, 0.3) is 0 Å². The summed E-state index contributed by atoms with van der Waals surface area (Å²) < 4.78 is 0. The number of carboxylic acid groups (broad SMARTS) is 2. The molecule has 0 spiro atoms. The Kier molecular flexibility index (Phi) is 14.3. The highest BCUT2D eigenvalue weighted by atomic mass is 127. The van der Waals surface area contributed by atoms with Gasteiger partial charge in [-0.25, -0.2) is 0 Å². The van der Waals surface area contributed by atoms with Gasteiger partial charge in [0, 0.05) is 12.0 Å². The van der Waals surface area contributed by atoms with Crippen LogP contribution in [0.1, 0.15) is 12.8 Å². The van der Waals surface area contributed by atoms with Crippen LogP contribution in [0.3, 0.4) is 0 Å². The number of hydrogen-bond acceptors (Lipinski definition) is 5. The van der Waals surface area contributed by atoms with E-state index < -0.39 is 18.0 Å². The number of aliphatic carboxylic acids is 2. The Morgan fingerprint density at radius 2 is 1.67 bits per heavy atom. The van der Waals surface area contributed by atoms with Crippen molar-refractivity contribution in [2.45, 2.75) is 18.9 Å². The van der Waals surface area contributed by atoms with Gasteiger partial charge in [0.15, 0.2) is 0 Å². The number of hydrogen-bond donors (Lipinski definition) is 1. The fourth-order valence-corrected chi connectivity index (χ4v) is 0.391. The molecule has 0 aromatic heterocycles. The van der Waals surface area contributed by atoms with Crippen molar-refractivity contribution in [2.75, 3.05) is 0 Å². The second-order valence-electron chi connectivity index (χ2n) is 1.84. The van der Waals surface area contributed by atoms with Gasteiger partial charge in [-0.1, -0.05) is 0 Å². The largest absolute Gasteiger partial charge is 1.00 e. The number of halogens is 2. The third-order valence-electron chi connectivity index (χ3n) is 0.962. The average molecular weight is 399 g/mol. The predicted molar refractivity (Wildman–Crippen MR) is 27.2 cm³/mol. The minimum atomic E-state index is -1.44. The van der Waals surface area contributed by atoms with E-state index in [1.165, 1.54) is 0 Å². The first-order valence-electron chi connectivity index (χ1n) is 2.70. The van der Waals surface area contributed by atoms with Crippen LogP contribution in [0.2, 0.25) is 0 Å². The lowest BCUT2D eigenvalue weighted by Gasteiger charge is -2.11. The molecule has 4 radical (unpaired) electrons. The fourth-order valence-electron chi connectivity index (χ4n) is 0.391. The average Bonchev–Trinajstić information content (AvgIpc) is 1.82. The maximum Gasteiger partial charge on any atom is 1.00 e. The van der Waals surface area contributed by atoms with Crippen molar-refractivity contribution >= 4 is 11.9 Å². The number of carbonyl (C=O) groups excluding carboxylic acids is 2. The molecule has 7 heteroatoms. The molecule has 5 nitrogen and oxygen atoms in total. The monoisotopic (exact) mass is 399 g/mol. The Morgan fingerprint density at radius 3 is 1.92 bits per heavy atom. The Hall–Kier alpha value is 0.360. The van der Waals surface area contributed by atoms with Crippen LogP contribution in [-0.2, 0) is 9.59 Å². The molecule has 0 saturated carbocycles. The summed E-state index contributed by atoms with van der Waals surface area (Å²) in [5, 5.41) is 19.6. The molecule has 0 amide bonds. The van der Waals surface area contributed by atoms with Gasteiger partial charge in [-0.15, -0.1) is 0 Å². The smallest absolute Gasteiger partial charge is 0.550 e. The zero-order chi connectivity index (χ0) is 8.15. The van der Waals surface area contributed by atoms with Crippen LogP contribution in [0.4, 0.5) is 0 Å². The first-order valence-corrected chi connectivity index (χ1v) is 2.70. The fraction of sp³-hybridized carbons (Fsp3) is 0.600. The predicted octanol–water partition coefficient (Wildman–Crippen LogP) is -9.40. The summed E-state index contributed by atoms with van der Waals surface area (Å²) in [6.07, 6.45) is -0.500. The molecule has 0 unspecified atom stereocenters. The van der Waals surface area contributed by atoms with E-state index in [1.807, 2.05) is 0 Å². The van der Waals surface area contributed by atoms with E-state index >= 15 is 0 Å². The summed E-state index contributed by atoms with van der Waals surface area (Å²) in [6, 6.07) is -1.21. The number of rotatable bonds is 4. The summed E-state index contributed by atoms with van der Waals surface area (Å²) >= 11 is 0. The highest BCUT2D eigenvalue weighted by Crippen LogP contribution is 1.90. The Balaban J connectivity index is -0.000000405. The summed E-state index contributed by atoms with van der Waals surface area (Å²) in [5.74, 6) is -2.75. The molecule has 0 aliphatic carbocycles. The highest BCUT2D eigenvalue weighted by molar-refractivity contribution is 5.72. The van der Waals surface area contributed by atoms with Gasteiger partial charge in [0.25, 0.3) is 0 Å². The lowest BCUT2D eigenvalue weighted by atomic mass is 10.2. The lowest BCUT2D eigenvalue weighted by Crippen LogP contribution is -3.00. The standard InChI is InChI=1S/C5H9NO4.2I/c6-3(5(9)10)1-2-4(7)8;;/h3H,1-2,6H2,(H,7,8)(H,9,10);;/q;2*+1/p-2/t3-;;/m0../s1. The van der Waals surface area contributed by atoms with Crippen LogP contribution in [0.15, 0.2) is 0 Å². The highest BCUT2D eigenvalue weighted by Gasteiger charge is 2.01. The van der Waals surface area contributed by atoms with Crippen molar-refractivity contribution in [3.63, 3.8) is 0 Å². The third kappa shape index (κ3) is 10.4. The maximum absolute atomic E-state index is 9.86. The molecule has 0 bridgehead atoms. The summed E-state index contributed by atoms with van der Waals surface area (Å²) in [5.41, 5.74) is 4.91. The molecule has 2 N–H and O–H groups in total. The third-order valence-corrected chi connectivity index (χ3v) is 0.962. The van der Waals surface area contributed by atoms with Crippen LogP contribution < -0.4 is 63.9 Å². The van der Waals surface area contributed by atoms with Gasteiger partial charge < -0.3 is 25.5 Å². The van der Waals surface area contributed by atoms with Gasteiger partial charge in [0.2, 0.25) is 0 Å². The van der Waals surface area contributed by atoms with Crippen molar-refractivity contribution in [1.82, 2.24) is 0 Å². The van der Waals surface area contributed by atoms with E-state index in [4.69, 9.17) is 5.73 Å². The first-order chi connectivity index (χ1) is 4.54. The molecule has 0 aliphatic heterocycles. The normalized spacial score (nSPS) is 10.4. The molecular weight excluding hydrogens is 392 g/mol. The lowest BCUT2D eigenvalue weighted by molar-refractivity contribution is -0.309. The number of nitrogens with two attached hydrogens (primary N) is 1. The molecule has 0 fully saturated rings. The van der Waals surface area contributed by atoms with Gasteiger partial charge in [0.05, 0.1) is 5.97 Å². The molecule has 0 aliphatic rings. The first kappa shape index (κ1) is 18.2. The van der Waals surface area contributed by atoms with E-state index in [9.17, 15) is 19.8 Å². The molecule has 0 heterocycles. The van der Waals surface area contributed by atoms with E-state index in [0.717, 1.165) is 0 Å². The zero-order valence-corrected chi connectivity index (χ0v) is 10.3. The van der Waals surface area contributed by atoms with Gasteiger partial charge in [-0.05, 0) is 12.8 Å². The Morgan fingerprint density at radius 1 is 1.25 bits per heavy atom. The molecule has 0 aromatic rings. The van der Waals surface area contributed by atoms with Crippen molar-refractivity contribution in [2.24, 2.45) is 5.73 Å². The maximum atomic E-state index is 9.86. The van der Waals surface area contributed by atoms with Crippen LogP contribution >= 0.6 is 0 Å². The molecule has 1 atom stereocenters. The molecule has 12 heavy (non-hydrogen) atoms. The van der Waals surface area contributed by atoms with E-state index in [1.54, 1.807) is 0 Å². The topological polar surface area (TPSA) is 106 Å². The molecule has 0 aromatic carbocycles. The second-order valence-corrected chi connectivity index (χ2v) is 1.84. The SMILES string of the molecule is N[C@@H](CCC(=O)[O-])C(=O)[O-].[I+].[I+]. The van der Waals surface area contributed by atoms with Gasteiger partial charge >= 0.3 is 48.0 Å². The van der Waals surface area contributed by atoms with Gasteiger partial charge in [0.1, 0.15) is 0 Å². The van der Waals surface area contributed by atoms with Crippen molar-refractivity contribution in [3.8, 4) is 0 Å². The number of carboxylic acids is 2. The zero-order valence-electron chi connectivity index (χ0n) is 5.96. The molecule has 70 valence electrons. The van der Waals surface area contributed by atoms with E-state index in [2.05, 4.69) is 0 Å². The van der Waals surface area contributed by atoms with Crippen molar-refractivity contribution in [1.29, 1.82) is 0 Å². The van der Waals surface area contributed by atoms with E-state index in [-0.39, 0.29) is 60.8 Å². The van der Waals surface area contributed by atoms with Crippen LogP contribution in [0, 0.1) is 0 Å². The van der Waals surface area contributed by atoms with Crippen LogP contribution in [0.5, 0.6) is 0 Å². The Labute approximate surface area is 104 Å². The van der Waals surface area contributed by atoms with Gasteiger partial charge in [-0.2, -0.15) is 0 Å². The Bertz CT molecular complexity index is 152. The summed E-state index contributed by atoms with van der Waals surface area (Å²) in [4.78, 5) is 19.6. The summed E-state index contributed by atoms with van der Waals surface area (Å²) in [6.45, 7) is 0. The van der Waals surface area contributed by atoms with Crippen LogP contribution in [-0.4, -0.2) is 18.0 Å². The summed E-state index contributed by atoms with van der Waals surface area (Å²) in [7, 11) is 0. The molecule has 0 rings (SSSR count). The molecule has 0 saturated heterocycles. The minimum Gasteiger partial charge on any atom is -0.550 e. The number of carbonyl (C=O) groups is 2. The quantitative estimate of drug-likeness (QED) is 0.473. The van der Waals surface area contributed by atoms with Crippen molar-refractivity contribution < 1.29 is 67.8 Å². The van der Waals surface area contributed by atoms with Crippen molar-refractivity contribution in [3.05, 3.63) is 0 Å². The minimum absolute atomic E-state index is 0.